The molecule has 0 saturated carbocycles. The van der Waals surface area contributed by atoms with Crippen LogP contribution in [0.3, 0.4) is 0 Å². The summed E-state index contributed by atoms with van der Waals surface area (Å²) in [5, 5.41) is 2.72. The Morgan fingerprint density at radius 3 is 2.26 bits per heavy atom. The van der Waals surface area contributed by atoms with E-state index in [4.69, 9.17) is 9.47 Å². The minimum Gasteiger partial charge on any atom is -0.493 e. The third-order valence-corrected chi connectivity index (χ3v) is 2.63. The van der Waals surface area contributed by atoms with Crippen molar-refractivity contribution in [2.45, 2.75) is 20.8 Å². The van der Waals surface area contributed by atoms with Crippen LogP contribution in [0.4, 0.5) is 5.69 Å². The first-order valence-electron chi connectivity index (χ1n) is 5.86. The van der Waals surface area contributed by atoms with Gasteiger partial charge >= 0.3 is 0 Å². The lowest BCUT2D eigenvalue weighted by atomic mass is 9.95. The van der Waals surface area contributed by atoms with E-state index in [9.17, 15) is 9.59 Å². The van der Waals surface area contributed by atoms with Crippen LogP contribution in [-0.2, 0) is 4.79 Å². The predicted molar refractivity (Wildman–Crippen MR) is 73.0 cm³/mol. The Labute approximate surface area is 112 Å². The predicted octanol–water partition coefficient (Wildman–Crippen LogP) is 2.50. The summed E-state index contributed by atoms with van der Waals surface area (Å²) in [6.45, 7) is 5.39. The minimum absolute atomic E-state index is 0.178. The molecule has 0 aliphatic heterocycles. The zero-order chi connectivity index (χ0) is 14.6. The third-order valence-electron chi connectivity index (χ3n) is 2.63. The molecule has 0 spiro atoms. The van der Waals surface area contributed by atoms with E-state index in [-0.39, 0.29) is 11.5 Å². The minimum atomic E-state index is -0.548. The van der Waals surface area contributed by atoms with Gasteiger partial charge in [-0.05, 0) is 12.1 Å². The van der Waals surface area contributed by atoms with Crippen molar-refractivity contribution in [3.63, 3.8) is 0 Å². The van der Waals surface area contributed by atoms with E-state index in [2.05, 4.69) is 5.32 Å². The molecule has 0 heterocycles. The van der Waals surface area contributed by atoms with Crippen molar-refractivity contribution >= 4 is 17.9 Å². The monoisotopic (exact) mass is 265 g/mol. The van der Waals surface area contributed by atoms with Gasteiger partial charge in [0.25, 0.3) is 0 Å². The molecule has 104 valence electrons. The lowest BCUT2D eigenvalue weighted by Gasteiger charge is -2.19. The highest BCUT2D eigenvalue weighted by molar-refractivity contribution is 6.00. The van der Waals surface area contributed by atoms with E-state index in [0.29, 0.717) is 23.5 Å². The molecule has 0 saturated heterocycles. The van der Waals surface area contributed by atoms with Crippen LogP contribution in [-0.4, -0.2) is 26.4 Å². The van der Waals surface area contributed by atoms with Gasteiger partial charge < -0.3 is 14.8 Å². The van der Waals surface area contributed by atoms with Gasteiger partial charge in [0.1, 0.15) is 0 Å². The molecule has 0 bridgehead atoms. The molecule has 5 nitrogen and oxygen atoms in total. The number of hydrogen-bond donors (Lipinski definition) is 1. The van der Waals surface area contributed by atoms with Gasteiger partial charge in [0.2, 0.25) is 5.91 Å². The number of nitrogens with one attached hydrogen (secondary N) is 1. The summed E-state index contributed by atoms with van der Waals surface area (Å²) < 4.78 is 10.3. The summed E-state index contributed by atoms with van der Waals surface area (Å²) >= 11 is 0. The van der Waals surface area contributed by atoms with Crippen molar-refractivity contribution < 1.29 is 19.1 Å². The van der Waals surface area contributed by atoms with Gasteiger partial charge in [0, 0.05) is 5.41 Å². The molecule has 5 heteroatoms. The molecule has 19 heavy (non-hydrogen) atoms. The van der Waals surface area contributed by atoms with Crippen molar-refractivity contribution in [2.75, 3.05) is 19.5 Å². The van der Waals surface area contributed by atoms with Crippen LogP contribution in [0.25, 0.3) is 0 Å². The fourth-order valence-corrected chi connectivity index (χ4v) is 1.49. The molecule has 1 aromatic rings. The number of rotatable bonds is 4. The summed E-state index contributed by atoms with van der Waals surface area (Å²) in [7, 11) is 2.93. The number of anilines is 1. The number of ether oxygens (including phenoxy) is 2. The fraction of sp³-hybridized carbons (Fsp3) is 0.429. The Hall–Kier alpha value is -2.04. The molecule has 1 amide bonds. The maximum absolute atomic E-state index is 12.0. The highest BCUT2D eigenvalue weighted by Gasteiger charge is 2.23. The first kappa shape index (κ1) is 15.0. The van der Waals surface area contributed by atoms with Crippen molar-refractivity contribution in [1.29, 1.82) is 0 Å². The molecule has 0 fully saturated rings. The van der Waals surface area contributed by atoms with Crippen LogP contribution in [0.1, 0.15) is 31.1 Å². The molecule has 0 atom stereocenters. The molecule has 0 aromatic heterocycles. The first-order valence-corrected chi connectivity index (χ1v) is 5.86. The number of amides is 1. The van der Waals surface area contributed by atoms with Gasteiger partial charge in [-0.25, -0.2) is 0 Å². The second-order valence-corrected chi connectivity index (χ2v) is 5.08. The second-order valence-electron chi connectivity index (χ2n) is 5.08. The Morgan fingerprint density at radius 2 is 1.84 bits per heavy atom. The molecule has 0 aliphatic carbocycles. The summed E-state index contributed by atoms with van der Waals surface area (Å²) in [4.78, 5) is 23.2. The number of hydrogen-bond acceptors (Lipinski definition) is 4. The average Bonchev–Trinajstić information content (AvgIpc) is 2.36. The van der Waals surface area contributed by atoms with Gasteiger partial charge in [0.15, 0.2) is 17.8 Å². The van der Waals surface area contributed by atoms with Crippen LogP contribution in [0, 0.1) is 5.41 Å². The SMILES string of the molecule is COc1ccc(NC(=O)C(C)(C)C)c(C=O)c1OC. The van der Waals surface area contributed by atoms with Crippen LogP contribution in [0.2, 0.25) is 0 Å². The number of methoxy groups -OCH3 is 2. The highest BCUT2D eigenvalue weighted by Crippen LogP contribution is 2.35. The van der Waals surface area contributed by atoms with Crippen LogP contribution >= 0.6 is 0 Å². The second kappa shape index (κ2) is 5.73. The van der Waals surface area contributed by atoms with Gasteiger partial charge in [-0.1, -0.05) is 20.8 Å². The number of carbonyl (C=O) groups is 2. The maximum atomic E-state index is 12.0. The summed E-state index contributed by atoms with van der Waals surface area (Å²) in [5.74, 6) is 0.574. The molecule has 1 rings (SSSR count). The Kier molecular flexibility index (Phi) is 4.53. The average molecular weight is 265 g/mol. The van der Waals surface area contributed by atoms with Crippen molar-refractivity contribution in [1.82, 2.24) is 0 Å². The Bertz CT molecular complexity index is 489. The maximum Gasteiger partial charge on any atom is 0.229 e. The molecule has 1 aromatic carbocycles. The summed E-state index contributed by atoms with van der Waals surface area (Å²) in [6, 6.07) is 3.26. The first-order chi connectivity index (χ1) is 8.85. The Balaban J connectivity index is 3.23. The molecular weight excluding hydrogens is 246 g/mol. The van der Waals surface area contributed by atoms with Gasteiger partial charge in [-0.2, -0.15) is 0 Å². The zero-order valence-corrected chi connectivity index (χ0v) is 11.9. The summed E-state index contributed by atoms with van der Waals surface area (Å²) in [5.41, 5.74) is 0.125. The van der Waals surface area contributed by atoms with E-state index in [0.717, 1.165) is 0 Å². The fourth-order valence-electron chi connectivity index (χ4n) is 1.49. The normalized spacial score (nSPS) is 10.8. The smallest absolute Gasteiger partial charge is 0.229 e. The largest absolute Gasteiger partial charge is 0.493 e. The van der Waals surface area contributed by atoms with Gasteiger partial charge in [-0.15, -0.1) is 0 Å². The van der Waals surface area contributed by atoms with Crippen molar-refractivity contribution in [3.8, 4) is 11.5 Å². The quantitative estimate of drug-likeness (QED) is 0.849. The van der Waals surface area contributed by atoms with Gasteiger partial charge in [0.05, 0.1) is 25.5 Å². The number of carbonyl (C=O) groups excluding carboxylic acids is 2. The van der Waals surface area contributed by atoms with E-state index >= 15 is 0 Å². The van der Waals surface area contributed by atoms with Crippen molar-refractivity contribution in [3.05, 3.63) is 17.7 Å². The van der Waals surface area contributed by atoms with Crippen LogP contribution in [0.15, 0.2) is 12.1 Å². The molecule has 1 N–H and O–H groups in total. The van der Waals surface area contributed by atoms with E-state index < -0.39 is 5.41 Å². The topological polar surface area (TPSA) is 64.6 Å². The molecule has 0 aliphatic rings. The molecule has 0 unspecified atom stereocenters. The van der Waals surface area contributed by atoms with Crippen LogP contribution in [0.5, 0.6) is 11.5 Å². The number of aldehydes is 1. The summed E-state index contributed by atoms with van der Waals surface area (Å²) in [6.07, 6.45) is 0.639. The highest BCUT2D eigenvalue weighted by atomic mass is 16.5. The zero-order valence-electron chi connectivity index (χ0n) is 11.9. The third kappa shape index (κ3) is 3.24. The lowest BCUT2D eigenvalue weighted by Crippen LogP contribution is -2.28. The molecule has 0 radical (unpaired) electrons. The van der Waals surface area contributed by atoms with Crippen molar-refractivity contribution in [2.24, 2.45) is 5.41 Å². The van der Waals surface area contributed by atoms with Crippen LogP contribution < -0.4 is 14.8 Å². The Morgan fingerprint density at radius 1 is 1.21 bits per heavy atom. The standard InChI is InChI=1S/C14H19NO4/c1-14(2,3)13(17)15-10-6-7-11(18-4)12(19-5)9(10)8-16/h6-8H,1-5H3,(H,15,17). The van der Waals surface area contributed by atoms with E-state index in [1.54, 1.807) is 32.9 Å². The molecular formula is C14H19NO4. The van der Waals surface area contributed by atoms with E-state index in [1.807, 2.05) is 0 Å². The van der Waals surface area contributed by atoms with Gasteiger partial charge in [-0.3, -0.25) is 9.59 Å². The number of benzene rings is 1. The van der Waals surface area contributed by atoms with E-state index in [1.165, 1.54) is 14.2 Å². The lowest BCUT2D eigenvalue weighted by molar-refractivity contribution is -0.123.